The number of rotatable bonds is 1. The Labute approximate surface area is 83.5 Å². The van der Waals surface area contributed by atoms with E-state index in [-0.39, 0.29) is 15.5 Å². The molecule has 4 nitrogen and oxygen atoms in total. The Balaban J connectivity index is 3.22. The number of halogens is 1. The molecule has 0 aliphatic carbocycles. The molecule has 1 N–H and O–H groups in total. The van der Waals surface area contributed by atoms with Gasteiger partial charge in [-0.1, -0.05) is 37.5 Å². The fourth-order valence-corrected chi connectivity index (χ4v) is 1.74. The van der Waals surface area contributed by atoms with Gasteiger partial charge in [-0.25, -0.2) is 4.21 Å². The molecule has 0 aliphatic rings. The average Bonchev–Trinajstić information content (AvgIpc) is 2.28. The van der Waals surface area contributed by atoms with Crippen molar-refractivity contribution in [3.63, 3.8) is 0 Å². The van der Waals surface area contributed by atoms with E-state index >= 15 is 0 Å². The van der Waals surface area contributed by atoms with Crippen molar-refractivity contribution in [2.75, 3.05) is 0 Å². The lowest BCUT2D eigenvalue weighted by Gasteiger charge is -2.13. The molecular weight excluding hydrogens is 214 g/mol. The number of nitrogens with zero attached hydrogens (tertiary/aromatic N) is 1. The van der Waals surface area contributed by atoms with E-state index < -0.39 is 11.1 Å². The highest BCUT2D eigenvalue weighted by Gasteiger charge is 2.27. The second-order valence-electron chi connectivity index (χ2n) is 3.63. The van der Waals surface area contributed by atoms with Crippen LogP contribution in [-0.4, -0.2) is 13.9 Å². The Morgan fingerprint density at radius 1 is 1.54 bits per heavy atom. The minimum atomic E-state index is -2.22. The lowest BCUT2D eigenvalue weighted by molar-refractivity contribution is 0.324. The quantitative estimate of drug-likeness (QED) is 0.742. The maximum atomic E-state index is 10.7. The molecule has 0 saturated carbocycles. The van der Waals surface area contributed by atoms with Crippen LogP contribution in [0, 0.1) is 0 Å². The molecule has 0 fully saturated rings. The summed E-state index contributed by atoms with van der Waals surface area (Å²) in [5, 5.41) is 3.59. The molecule has 1 rings (SSSR count). The smallest absolute Gasteiger partial charge is 0.269 e. The van der Waals surface area contributed by atoms with Crippen molar-refractivity contribution >= 4 is 22.7 Å². The highest BCUT2D eigenvalue weighted by Crippen LogP contribution is 2.32. The molecule has 0 spiro atoms. The third kappa shape index (κ3) is 2.10. The first-order chi connectivity index (χ1) is 5.84. The summed E-state index contributed by atoms with van der Waals surface area (Å²) in [4.78, 5) is 0. The predicted octanol–water partition coefficient (Wildman–Crippen LogP) is 2.21. The molecule has 0 aromatic carbocycles. The molecule has 1 aromatic rings. The van der Waals surface area contributed by atoms with Crippen LogP contribution >= 0.6 is 11.6 Å². The van der Waals surface area contributed by atoms with Gasteiger partial charge in [0.25, 0.3) is 5.09 Å². The molecule has 1 unspecified atom stereocenters. The first-order valence-electron chi connectivity index (χ1n) is 3.60. The van der Waals surface area contributed by atoms with Gasteiger partial charge in [-0.2, -0.15) is 0 Å². The summed E-state index contributed by atoms with van der Waals surface area (Å²) in [7, 11) is 0. The Kier molecular flexibility index (Phi) is 2.79. The zero-order valence-electron chi connectivity index (χ0n) is 7.50. The van der Waals surface area contributed by atoms with Gasteiger partial charge < -0.3 is 4.52 Å². The van der Waals surface area contributed by atoms with Crippen molar-refractivity contribution in [1.29, 1.82) is 0 Å². The molecule has 1 atom stereocenters. The van der Waals surface area contributed by atoms with E-state index in [4.69, 9.17) is 16.2 Å². The monoisotopic (exact) mass is 223 g/mol. The van der Waals surface area contributed by atoms with E-state index in [1.54, 1.807) is 0 Å². The van der Waals surface area contributed by atoms with E-state index in [0.29, 0.717) is 5.69 Å². The maximum Gasteiger partial charge on any atom is 0.269 e. The standard InChI is InChI=1S/C7H10ClNO3S/c1-7(2,3)5-4(8)6(12-9-5)13(10)11/h1-3H3,(H,10,11). The van der Waals surface area contributed by atoms with Gasteiger partial charge in [0, 0.05) is 5.41 Å². The third-order valence-electron chi connectivity index (χ3n) is 1.48. The summed E-state index contributed by atoms with van der Waals surface area (Å²) in [5.41, 5.74) is 0.199. The SMILES string of the molecule is CC(C)(C)c1noc(S(=O)O)c1Cl. The summed E-state index contributed by atoms with van der Waals surface area (Å²) in [5.74, 6) is 0. The van der Waals surface area contributed by atoms with Crippen LogP contribution in [0.1, 0.15) is 26.5 Å². The molecular formula is C7H10ClNO3S. The predicted molar refractivity (Wildman–Crippen MR) is 49.3 cm³/mol. The van der Waals surface area contributed by atoms with Gasteiger partial charge in [0.1, 0.15) is 10.7 Å². The van der Waals surface area contributed by atoms with Crippen molar-refractivity contribution in [3.8, 4) is 0 Å². The van der Waals surface area contributed by atoms with E-state index in [9.17, 15) is 4.21 Å². The summed E-state index contributed by atoms with van der Waals surface area (Å²) < 4.78 is 24.0. The summed E-state index contributed by atoms with van der Waals surface area (Å²) >= 11 is 3.58. The lowest BCUT2D eigenvalue weighted by atomic mass is 9.92. The summed E-state index contributed by atoms with van der Waals surface area (Å²) in [6.45, 7) is 5.67. The molecule has 1 heterocycles. The number of hydrogen-bond donors (Lipinski definition) is 1. The second-order valence-corrected chi connectivity index (χ2v) is 4.88. The van der Waals surface area contributed by atoms with Gasteiger partial charge in [-0.05, 0) is 0 Å². The highest BCUT2D eigenvalue weighted by molar-refractivity contribution is 7.79. The molecule has 13 heavy (non-hydrogen) atoms. The Morgan fingerprint density at radius 3 is 2.31 bits per heavy atom. The summed E-state index contributed by atoms with van der Waals surface area (Å²) in [6.07, 6.45) is 0. The molecule has 0 amide bonds. The molecule has 0 bridgehead atoms. The normalized spacial score (nSPS) is 14.5. The third-order valence-corrected chi connectivity index (χ3v) is 2.53. The highest BCUT2D eigenvalue weighted by atomic mass is 35.5. The van der Waals surface area contributed by atoms with E-state index in [2.05, 4.69) is 9.68 Å². The van der Waals surface area contributed by atoms with Crippen LogP contribution in [0.25, 0.3) is 0 Å². The first-order valence-corrected chi connectivity index (χ1v) is 5.09. The Hall–Kier alpha value is -0.390. The molecule has 0 saturated heterocycles. The van der Waals surface area contributed by atoms with Gasteiger partial charge >= 0.3 is 0 Å². The molecule has 74 valence electrons. The zero-order chi connectivity index (χ0) is 10.2. The van der Waals surface area contributed by atoms with Crippen molar-refractivity contribution in [3.05, 3.63) is 10.7 Å². The van der Waals surface area contributed by atoms with Gasteiger partial charge in [-0.15, -0.1) is 0 Å². The molecule has 0 radical (unpaired) electrons. The first kappa shape index (κ1) is 10.7. The largest absolute Gasteiger partial charge is 0.343 e. The summed E-state index contributed by atoms with van der Waals surface area (Å²) in [6, 6.07) is 0. The van der Waals surface area contributed by atoms with Crippen molar-refractivity contribution < 1.29 is 13.3 Å². The zero-order valence-corrected chi connectivity index (χ0v) is 9.07. The van der Waals surface area contributed by atoms with Gasteiger partial charge in [0.2, 0.25) is 11.1 Å². The van der Waals surface area contributed by atoms with Gasteiger partial charge in [0.15, 0.2) is 0 Å². The van der Waals surface area contributed by atoms with E-state index in [0.717, 1.165) is 0 Å². The number of aromatic nitrogens is 1. The number of hydrogen-bond acceptors (Lipinski definition) is 3. The average molecular weight is 224 g/mol. The van der Waals surface area contributed by atoms with Crippen LogP contribution in [0.4, 0.5) is 0 Å². The van der Waals surface area contributed by atoms with Crippen LogP contribution in [0.2, 0.25) is 5.02 Å². The topological polar surface area (TPSA) is 63.3 Å². The molecule has 6 heteroatoms. The fraction of sp³-hybridized carbons (Fsp3) is 0.571. The minimum absolute atomic E-state index is 0.133. The fourth-order valence-electron chi connectivity index (χ4n) is 0.839. The van der Waals surface area contributed by atoms with Crippen molar-refractivity contribution in [1.82, 2.24) is 5.16 Å². The molecule has 1 aromatic heterocycles. The van der Waals surface area contributed by atoms with Crippen LogP contribution in [0.5, 0.6) is 0 Å². The van der Waals surface area contributed by atoms with Crippen molar-refractivity contribution in [2.24, 2.45) is 0 Å². The van der Waals surface area contributed by atoms with Crippen LogP contribution in [0.15, 0.2) is 9.62 Å². The Morgan fingerprint density at radius 2 is 2.08 bits per heavy atom. The van der Waals surface area contributed by atoms with Gasteiger partial charge in [0.05, 0.1) is 0 Å². The lowest BCUT2D eigenvalue weighted by Crippen LogP contribution is -2.12. The Bertz CT molecular complexity index is 342. The van der Waals surface area contributed by atoms with Crippen LogP contribution in [-0.2, 0) is 16.5 Å². The second kappa shape index (κ2) is 3.40. The van der Waals surface area contributed by atoms with Crippen LogP contribution < -0.4 is 0 Å². The van der Waals surface area contributed by atoms with E-state index in [1.165, 1.54) is 0 Å². The van der Waals surface area contributed by atoms with Crippen molar-refractivity contribution in [2.45, 2.75) is 31.3 Å². The molecule has 0 aliphatic heterocycles. The van der Waals surface area contributed by atoms with E-state index in [1.807, 2.05) is 20.8 Å². The van der Waals surface area contributed by atoms with Crippen LogP contribution in [0.3, 0.4) is 0 Å². The van der Waals surface area contributed by atoms with Gasteiger partial charge in [-0.3, -0.25) is 4.55 Å². The maximum absolute atomic E-state index is 10.7. The minimum Gasteiger partial charge on any atom is -0.343 e.